The number of allylic oxidation sites excluding steroid dienone is 2. The van der Waals surface area contributed by atoms with Gasteiger partial charge in [-0.2, -0.15) is 0 Å². The Morgan fingerprint density at radius 3 is 2.72 bits per heavy atom. The molecule has 0 amide bonds. The van der Waals surface area contributed by atoms with Crippen molar-refractivity contribution in [1.29, 1.82) is 0 Å². The average molecular weight is 244 g/mol. The van der Waals surface area contributed by atoms with Crippen LogP contribution in [-0.4, -0.2) is 13.1 Å². The smallest absolute Gasteiger partial charge is 0.305 e. The van der Waals surface area contributed by atoms with Gasteiger partial charge in [-0.1, -0.05) is 44.2 Å². The molecule has 0 heterocycles. The van der Waals surface area contributed by atoms with Gasteiger partial charge in [0, 0.05) is 11.8 Å². The van der Waals surface area contributed by atoms with E-state index in [1.165, 1.54) is 23.8 Å². The third-order valence-corrected chi connectivity index (χ3v) is 3.56. The van der Waals surface area contributed by atoms with Crippen molar-refractivity contribution >= 4 is 11.5 Å². The summed E-state index contributed by atoms with van der Waals surface area (Å²) >= 11 is 0. The van der Waals surface area contributed by atoms with Crippen LogP contribution in [0.5, 0.6) is 0 Å². The average Bonchev–Trinajstić information content (AvgIpc) is 2.62. The standard InChI is InChI=1S/C16H20O2/c1-16(2)11-12(7-6-10-15(17)18-3)13-8-4-5-9-14(13)16/h4-5,8-9,11H,6-7,10H2,1-3H3. The summed E-state index contributed by atoms with van der Waals surface area (Å²) in [4.78, 5) is 11.1. The fourth-order valence-electron chi connectivity index (χ4n) is 2.65. The minimum atomic E-state index is -0.124. The van der Waals surface area contributed by atoms with E-state index in [0.29, 0.717) is 6.42 Å². The van der Waals surface area contributed by atoms with Crippen LogP contribution in [0.1, 0.15) is 44.2 Å². The van der Waals surface area contributed by atoms with Crippen molar-refractivity contribution in [3.63, 3.8) is 0 Å². The number of carbonyl (C=O) groups excluding carboxylic acids is 1. The number of rotatable bonds is 4. The minimum Gasteiger partial charge on any atom is -0.469 e. The molecular formula is C16H20O2. The second kappa shape index (κ2) is 4.97. The summed E-state index contributed by atoms with van der Waals surface area (Å²) in [6.45, 7) is 4.47. The van der Waals surface area contributed by atoms with Gasteiger partial charge in [-0.3, -0.25) is 4.79 Å². The molecule has 0 saturated carbocycles. The van der Waals surface area contributed by atoms with E-state index in [1.54, 1.807) is 0 Å². The maximum absolute atomic E-state index is 11.1. The number of hydrogen-bond acceptors (Lipinski definition) is 2. The van der Waals surface area contributed by atoms with Crippen LogP contribution in [0.25, 0.3) is 5.57 Å². The normalized spacial score (nSPS) is 16.1. The van der Waals surface area contributed by atoms with Crippen LogP contribution in [0.4, 0.5) is 0 Å². The van der Waals surface area contributed by atoms with Gasteiger partial charge in [-0.05, 0) is 29.5 Å². The number of methoxy groups -OCH3 is 1. The Kier molecular flexibility index (Phi) is 3.55. The predicted octanol–water partition coefficient (Wildman–Crippen LogP) is 3.70. The summed E-state index contributed by atoms with van der Waals surface area (Å²) in [7, 11) is 1.44. The molecule has 0 bridgehead atoms. The fourth-order valence-corrected chi connectivity index (χ4v) is 2.65. The van der Waals surface area contributed by atoms with Crippen LogP contribution in [0.2, 0.25) is 0 Å². The molecule has 2 heteroatoms. The van der Waals surface area contributed by atoms with Gasteiger partial charge in [0.2, 0.25) is 0 Å². The molecule has 0 spiro atoms. The first kappa shape index (κ1) is 12.9. The zero-order valence-electron chi connectivity index (χ0n) is 11.3. The lowest BCUT2D eigenvalue weighted by atomic mass is 9.87. The molecule has 18 heavy (non-hydrogen) atoms. The Bertz CT molecular complexity index is 484. The van der Waals surface area contributed by atoms with Gasteiger partial charge in [0.15, 0.2) is 0 Å². The van der Waals surface area contributed by atoms with E-state index in [9.17, 15) is 4.79 Å². The molecule has 2 nitrogen and oxygen atoms in total. The Hall–Kier alpha value is -1.57. The SMILES string of the molecule is COC(=O)CCCC1=CC(C)(C)c2ccccc21. The third kappa shape index (κ3) is 2.47. The van der Waals surface area contributed by atoms with E-state index in [1.807, 2.05) is 0 Å². The van der Waals surface area contributed by atoms with Gasteiger partial charge in [0.1, 0.15) is 0 Å². The number of carbonyl (C=O) groups is 1. The topological polar surface area (TPSA) is 26.3 Å². The molecule has 96 valence electrons. The van der Waals surface area contributed by atoms with Gasteiger partial charge in [0.05, 0.1) is 7.11 Å². The second-order valence-corrected chi connectivity index (χ2v) is 5.37. The Morgan fingerprint density at radius 1 is 1.28 bits per heavy atom. The molecule has 0 radical (unpaired) electrons. The summed E-state index contributed by atoms with van der Waals surface area (Å²) in [6.07, 6.45) is 4.61. The highest BCUT2D eigenvalue weighted by Crippen LogP contribution is 2.41. The van der Waals surface area contributed by atoms with E-state index >= 15 is 0 Å². The second-order valence-electron chi connectivity index (χ2n) is 5.37. The van der Waals surface area contributed by atoms with Crippen LogP contribution < -0.4 is 0 Å². The first-order chi connectivity index (χ1) is 8.54. The van der Waals surface area contributed by atoms with Gasteiger partial charge < -0.3 is 4.74 Å². The molecule has 0 unspecified atom stereocenters. The van der Waals surface area contributed by atoms with Gasteiger partial charge >= 0.3 is 5.97 Å². The quantitative estimate of drug-likeness (QED) is 0.755. The van der Waals surface area contributed by atoms with E-state index < -0.39 is 0 Å². The molecule has 0 aliphatic heterocycles. The van der Waals surface area contributed by atoms with Crippen LogP contribution >= 0.6 is 0 Å². The lowest BCUT2D eigenvalue weighted by Crippen LogP contribution is -2.10. The maximum Gasteiger partial charge on any atom is 0.305 e. The van der Waals surface area contributed by atoms with Gasteiger partial charge in [0.25, 0.3) is 0 Å². The van der Waals surface area contributed by atoms with E-state index in [2.05, 4.69) is 48.9 Å². The number of ether oxygens (including phenoxy) is 1. The van der Waals surface area contributed by atoms with Crippen molar-refractivity contribution in [2.45, 2.75) is 38.5 Å². The maximum atomic E-state index is 11.1. The molecule has 0 N–H and O–H groups in total. The van der Waals surface area contributed by atoms with Crippen LogP contribution in [0.3, 0.4) is 0 Å². The summed E-state index contributed by atoms with van der Waals surface area (Å²) in [5.41, 5.74) is 4.20. The number of fused-ring (bicyclic) bond motifs is 1. The van der Waals surface area contributed by atoms with E-state index in [4.69, 9.17) is 0 Å². The van der Waals surface area contributed by atoms with Crippen LogP contribution in [-0.2, 0) is 14.9 Å². The fraction of sp³-hybridized carbons (Fsp3) is 0.438. The summed E-state index contributed by atoms with van der Waals surface area (Å²) in [5, 5.41) is 0. The number of benzene rings is 1. The van der Waals surface area contributed by atoms with E-state index in [0.717, 1.165) is 12.8 Å². The predicted molar refractivity (Wildman–Crippen MR) is 73.3 cm³/mol. The first-order valence-corrected chi connectivity index (χ1v) is 6.43. The molecule has 1 aliphatic rings. The summed E-state index contributed by atoms with van der Waals surface area (Å²) in [6, 6.07) is 8.54. The van der Waals surface area contributed by atoms with Crippen LogP contribution in [0, 0.1) is 0 Å². The first-order valence-electron chi connectivity index (χ1n) is 6.43. The van der Waals surface area contributed by atoms with Crippen molar-refractivity contribution in [2.75, 3.05) is 7.11 Å². The van der Waals surface area contributed by atoms with E-state index in [-0.39, 0.29) is 11.4 Å². The largest absolute Gasteiger partial charge is 0.469 e. The molecule has 0 aromatic heterocycles. The van der Waals surface area contributed by atoms with Crippen molar-refractivity contribution in [1.82, 2.24) is 0 Å². The molecule has 1 aromatic rings. The van der Waals surface area contributed by atoms with Gasteiger partial charge in [-0.25, -0.2) is 0 Å². The van der Waals surface area contributed by atoms with Gasteiger partial charge in [-0.15, -0.1) is 0 Å². The molecule has 0 fully saturated rings. The van der Waals surface area contributed by atoms with Crippen molar-refractivity contribution in [3.05, 3.63) is 41.5 Å². The molecule has 1 aliphatic carbocycles. The Balaban J connectivity index is 2.09. The Morgan fingerprint density at radius 2 is 2.00 bits per heavy atom. The Labute approximate surface area is 109 Å². The highest BCUT2D eigenvalue weighted by atomic mass is 16.5. The number of esters is 1. The summed E-state index contributed by atoms with van der Waals surface area (Å²) in [5.74, 6) is -0.124. The lowest BCUT2D eigenvalue weighted by Gasteiger charge is -2.16. The highest BCUT2D eigenvalue weighted by molar-refractivity contribution is 5.76. The lowest BCUT2D eigenvalue weighted by molar-refractivity contribution is -0.140. The summed E-state index contributed by atoms with van der Waals surface area (Å²) < 4.78 is 4.67. The van der Waals surface area contributed by atoms with Crippen molar-refractivity contribution in [3.8, 4) is 0 Å². The third-order valence-electron chi connectivity index (χ3n) is 3.56. The molecular weight excluding hydrogens is 224 g/mol. The zero-order chi connectivity index (χ0) is 13.2. The molecule has 0 atom stereocenters. The molecule has 1 aromatic carbocycles. The van der Waals surface area contributed by atoms with Crippen molar-refractivity contribution < 1.29 is 9.53 Å². The monoisotopic (exact) mass is 244 g/mol. The zero-order valence-corrected chi connectivity index (χ0v) is 11.3. The van der Waals surface area contributed by atoms with Crippen LogP contribution in [0.15, 0.2) is 30.3 Å². The minimum absolute atomic E-state index is 0.108. The highest BCUT2D eigenvalue weighted by Gasteiger charge is 2.28. The number of hydrogen-bond donors (Lipinski definition) is 0. The van der Waals surface area contributed by atoms with Crippen molar-refractivity contribution in [2.24, 2.45) is 0 Å². The molecule has 2 rings (SSSR count). The molecule has 0 saturated heterocycles.